The number of H-pyrrole nitrogens is 1. The summed E-state index contributed by atoms with van der Waals surface area (Å²) in [5.41, 5.74) is 5.41. The molecule has 0 spiro atoms. The Kier molecular flexibility index (Phi) is 10.7. The molecular formula is C34H45ClN4O3. The van der Waals surface area contributed by atoms with Crippen LogP contribution < -0.4 is 20.4 Å². The first-order valence-corrected chi connectivity index (χ1v) is 15.5. The number of aromatic nitrogens is 1. The monoisotopic (exact) mass is 592 g/mol. The molecule has 226 valence electrons. The molecule has 1 saturated carbocycles. The first-order chi connectivity index (χ1) is 20.1. The summed E-state index contributed by atoms with van der Waals surface area (Å²) in [4.78, 5) is 34.1. The van der Waals surface area contributed by atoms with E-state index >= 15 is 0 Å². The van der Waals surface area contributed by atoms with Gasteiger partial charge in [-0.1, -0.05) is 30.7 Å². The predicted molar refractivity (Wildman–Crippen MR) is 173 cm³/mol. The van der Waals surface area contributed by atoms with Gasteiger partial charge in [0.05, 0.1) is 12.2 Å². The highest BCUT2D eigenvalue weighted by atomic mass is 35.5. The number of aryl methyl sites for hydroxylation is 1. The maximum Gasteiger partial charge on any atom is 0.251 e. The molecular weight excluding hydrogens is 548 g/mol. The Bertz CT molecular complexity index is 1430. The number of carbonyl (C=O) groups is 1. The topological polar surface area (TPSA) is 77.7 Å². The number of hydrogen-bond acceptors (Lipinski definition) is 5. The summed E-state index contributed by atoms with van der Waals surface area (Å²) in [6.07, 6.45) is 5.49. The van der Waals surface area contributed by atoms with Crippen LogP contribution in [0.1, 0.15) is 73.1 Å². The number of anilines is 1. The number of benzene rings is 2. The van der Waals surface area contributed by atoms with Crippen molar-refractivity contribution in [3.05, 3.63) is 80.2 Å². The van der Waals surface area contributed by atoms with E-state index in [4.69, 9.17) is 16.3 Å². The van der Waals surface area contributed by atoms with Gasteiger partial charge in [0.25, 0.3) is 5.91 Å². The van der Waals surface area contributed by atoms with Crippen molar-refractivity contribution in [2.75, 3.05) is 32.1 Å². The zero-order valence-corrected chi connectivity index (χ0v) is 26.6. The van der Waals surface area contributed by atoms with Crippen LogP contribution in [0.15, 0.2) is 47.3 Å². The zero-order chi connectivity index (χ0) is 30.4. The molecule has 7 nitrogen and oxygen atoms in total. The highest BCUT2D eigenvalue weighted by Gasteiger charge is 2.28. The standard InChI is InChI=1S/C34H45ClN4O3/c1-7-17-42-28-15-9-24(10-16-28)25-19-29(34(41)36-21-30-32(40)18-22(3)37-33(30)35)23(4)31(20-25)39(8-2)27-13-11-26(12-14-27)38(5)6/h9-10,15-16,18-20,26-27H,7-8,11-14,17,21H2,1-6H3,(H,36,41)(H,37,40). The first kappa shape index (κ1) is 31.6. The van der Waals surface area contributed by atoms with Crippen molar-refractivity contribution in [2.24, 2.45) is 0 Å². The Morgan fingerprint density at radius 2 is 1.67 bits per heavy atom. The van der Waals surface area contributed by atoms with E-state index in [9.17, 15) is 9.59 Å². The van der Waals surface area contributed by atoms with Crippen LogP contribution in [0.25, 0.3) is 11.1 Å². The Morgan fingerprint density at radius 3 is 2.26 bits per heavy atom. The Balaban J connectivity index is 1.70. The second kappa shape index (κ2) is 14.3. The molecule has 2 N–H and O–H groups in total. The lowest BCUT2D eigenvalue weighted by Crippen LogP contribution is -2.42. The molecule has 0 radical (unpaired) electrons. The van der Waals surface area contributed by atoms with Crippen LogP contribution in [0.3, 0.4) is 0 Å². The van der Waals surface area contributed by atoms with Crippen molar-refractivity contribution < 1.29 is 9.53 Å². The fourth-order valence-corrected chi connectivity index (χ4v) is 6.29. The van der Waals surface area contributed by atoms with Crippen LogP contribution >= 0.6 is 11.6 Å². The minimum Gasteiger partial charge on any atom is -0.494 e. The fraction of sp³-hybridized carbons (Fsp3) is 0.471. The Hall–Kier alpha value is -3.29. The Labute approximate surface area is 255 Å². The molecule has 0 unspecified atom stereocenters. The third-order valence-electron chi connectivity index (χ3n) is 8.42. The van der Waals surface area contributed by atoms with E-state index < -0.39 is 0 Å². The molecule has 42 heavy (non-hydrogen) atoms. The molecule has 0 bridgehead atoms. The summed E-state index contributed by atoms with van der Waals surface area (Å²) >= 11 is 6.32. The van der Waals surface area contributed by atoms with E-state index in [-0.39, 0.29) is 23.0 Å². The van der Waals surface area contributed by atoms with Gasteiger partial charge in [-0.3, -0.25) is 9.59 Å². The van der Waals surface area contributed by atoms with Crippen LogP contribution in [0.5, 0.6) is 5.75 Å². The molecule has 4 rings (SSSR count). The largest absolute Gasteiger partial charge is 0.494 e. The molecule has 8 heteroatoms. The van der Waals surface area contributed by atoms with Gasteiger partial charge in [-0.05, 0) is 108 Å². The molecule has 1 fully saturated rings. The molecule has 3 aromatic rings. The van der Waals surface area contributed by atoms with Crippen molar-refractivity contribution in [2.45, 2.75) is 78.4 Å². The van der Waals surface area contributed by atoms with E-state index in [2.05, 4.69) is 54.1 Å². The SMILES string of the molecule is CCCOc1ccc(-c2cc(C(=O)NCc3c(Cl)[nH]c(C)cc3=O)c(C)c(N(CC)C3CCC(N(C)C)CC3)c2)cc1. The number of ether oxygens (including phenoxy) is 1. The van der Waals surface area contributed by atoms with Crippen LogP contribution in [-0.2, 0) is 6.54 Å². The number of hydrogen-bond donors (Lipinski definition) is 2. The van der Waals surface area contributed by atoms with Crippen molar-refractivity contribution in [1.82, 2.24) is 15.2 Å². The summed E-state index contributed by atoms with van der Waals surface area (Å²) in [6.45, 7) is 9.65. The normalized spacial score (nSPS) is 16.9. The van der Waals surface area contributed by atoms with Gasteiger partial charge in [-0.2, -0.15) is 0 Å². The van der Waals surface area contributed by atoms with E-state index in [0.717, 1.165) is 66.8 Å². The summed E-state index contributed by atoms with van der Waals surface area (Å²) in [7, 11) is 4.33. The third-order valence-corrected chi connectivity index (χ3v) is 8.74. The third kappa shape index (κ3) is 7.37. The molecule has 1 aliphatic carbocycles. The number of nitrogens with one attached hydrogen (secondary N) is 2. The molecule has 1 aromatic heterocycles. The summed E-state index contributed by atoms with van der Waals surface area (Å²) < 4.78 is 5.80. The van der Waals surface area contributed by atoms with Gasteiger partial charge < -0.3 is 24.8 Å². The maximum atomic E-state index is 13.7. The van der Waals surface area contributed by atoms with Gasteiger partial charge in [0, 0.05) is 48.2 Å². The second-order valence-electron chi connectivity index (χ2n) is 11.5. The molecule has 1 aliphatic rings. The van der Waals surface area contributed by atoms with E-state index in [1.165, 1.54) is 6.07 Å². The van der Waals surface area contributed by atoms with Gasteiger partial charge in [0.2, 0.25) is 0 Å². The minimum absolute atomic E-state index is 0.0434. The quantitative estimate of drug-likeness (QED) is 0.241. The highest BCUT2D eigenvalue weighted by molar-refractivity contribution is 6.30. The lowest BCUT2D eigenvalue weighted by atomic mass is 9.88. The molecule has 0 saturated heterocycles. The van der Waals surface area contributed by atoms with Gasteiger partial charge in [0.1, 0.15) is 10.9 Å². The summed E-state index contributed by atoms with van der Waals surface area (Å²) in [5.74, 6) is 0.598. The maximum absolute atomic E-state index is 13.7. The zero-order valence-electron chi connectivity index (χ0n) is 25.9. The number of rotatable bonds is 11. The number of carbonyl (C=O) groups excluding carboxylic acids is 1. The minimum atomic E-state index is -0.234. The second-order valence-corrected chi connectivity index (χ2v) is 11.9. The van der Waals surface area contributed by atoms with Gasteiger partial charge in [-0.15, -0.1) is 0 Å². The van der Waals surface area contributed by atoms with Gasteiger partial charge >= 0.3 is 0 Å². The smallest absolute Gasteiger partial charge is 0.251 e. The van der Waals surface area contributed by atoms with E-state index in [0.29, 0.717) is 35.5 Å². The van der Waals surface area contributed by atoms with Gasteiger partial charge in [-0.25, -0.2) is 0 Å². The number of nitrogens with zero attached hydrogens (tertiary/aromatic N) is 2. The van der Waals surface area contributed by atoms with Crippen LogP contribution in [0.4, 0.5) is 5.69 Å². The average Bonchev–Trinajstić information content (AvgIpc) is 2.97. The molecule has 1 amide bonds. The van der Waals surface area contributed by atoms with Crippen LogP contribution in [0.2, 0.25) is 5.15 Å². The van der Waals surface area contributed by atoms with E-state index in [1.807, 2.05) is 37.3 Å². The number of halogens is 1. The first-order valence-electron chi connectivity index (χ1n) is 15.1. The van der Waals surface area contributed by atoms with Gasteiger partial charge in [0.15, 0.2) is 5.43 Å². The van der Waals surface area contributed by atoms with E-state index in [1.54, 1.807) is 6.92 Å². The van der Waals surface area contributed by atoms with Crippen LogP contribution in [-0.4, -0.2) is 55.1 Å². The molecule has 0 aliphatic heterocycles. The fourth-order valence-electron chi connectivity index (χ4n) is 5.98. The van der Waals surface area contributed by atoms with Crippen molar-refractivity contribution in [1.29, 1.82) is 0 Å². The number of pyridine rings is 1. The summed E-state index contributed by atoms with van der Waals surface area (Å²) in [6, 6.07) is 14.7. The van der Waals surface area contributed by atoms with Crippen LogP contribution in [0, 0.1) is 13.8 Å². The highest BCUT2D eigenvalue weighted by Crippen LogP contribution is 2.36. The lowest BCUT2D eigenvalue weighted by molar-refractivity contribution is 0.0950. The number of amides is 1. The van der Waals surface area contributed by atoms with Crippen molar-refractivity contribution >= 4 is 23.2 Å². The Morgan fingerprint density at radius 1 is 1.00 bits per heavy atom. The predicted octanol–water partition coefficient (Wildman–Crippen LogP) is 6.73. The van der Waals surface area contributed by atoms with Crippen molar-refractivity contribution in [3.63, 3.8) is 0 Å². The number of aromatic amines is 1. The van der Waals surface area contributed by atoms with Crippen molar-refractivity contribution in [3.8, 4) is 16.9 Å². The molecule has 1 heterocycles. The summed E-state index contributed by atoms with van der Waals surface area (Å²) in [5, 5.41) is 3.21. The molecule has 0 atom stereocenters. The lowest BCUT2D eigenvalue weighted by Gasteiger charge is -2.40. The average molecular weight is 593 g/mol. The molecule has 2 aromatic carbocycles.